The highest BCUT2D eigenvalue weighted by atomic mass is 16.5. The fourth-order valence-electron chi connectivity index (χ4n) is 7.15. The lowest BCUT2D eigenvalue weighted by atomic mass is 9.84. The first-order valence-corrected chi connectivity index (χ1v) is 15.8. The molecule has 3 aromatic heterocycles. The first kappa shape index (κ1) is 29.3. The van der Waals surface area contributed by atoms with E-state index in [2.05, 4.69) is 36.5 Å². The molecule has 0 atom stereocenters. The second-order valence-electron chi connectivity index (χ2n) is 12.4. The van der Waals surface area contributed by atoms with E-state index in [0.29, 0.717) is 34.8 Å². The SMILES string of the molecule is COc1cc(-c2nc(C3CCC(N4CCN(C)CC4)CC3)n3ccnc(C)c23)ccc1NC(=O)c1cc2c(OC)cccc2[nH]1. The van der Waals surface area contributed by atoms with Crippen molar-refractivity contribution >= 4 is 28.0 Å². The molecule has 45 heavy (non-hydrogen) atoms. The lowest BCUT2D eigenvalue weighted by Crippen LogP contribution is -2.49. The van der Waals surface area contributed by atoms with E-state index in [1.807, 2.05) is 55.7 Å². The second kappa shape index (κ2) is 12.2. The molecule has 2 aliphatic rings. The molecule has 234 valence electrons. The van der Waals surface area contributed by atoms with Crippen LogP contribution in [0.3, 0.4) is 0 Å². The van der Waals surface area contributed by atoms with Crippen molar-refractivity contribution in [2.45, 2.75) is 44.6 Å². The van der Waals surface area contributed by atoms with Crippen molar-refractivity contribution in [3.63, 3.8) is 0 Å². The Labute approximate surface area is 263 Å². The van der Waals surface area contributed by atoms with Gasteiger partial charge in [-0.15, -0.1) is 0 Å². The average Bonchev–Trinajstić information content (AvgIpc) is 3.69. The number of hydrogen-bond acceptors (Lipinski definition) is 7. The van der Waals surface area contributed by atoms with Gasteiger partial charge in [-0.25, -0.2) is 4.98 Å². The van der Waals surface area contributed by atoms with Crippen LogP contribution in [0.1, 0.15) is 53.6 Å². The van der Waals surface area contributed by atoms with E-state index in [1.165, 1.54) is 25.9 Å². The van der Waals surface area contributed by atoms with Crippen LogP contribution in [-0.2, 0) is 0 Å². The number of anilines is 1. The predicted molar refractivity (Wildman–Crippen MR) is 177 cm³/mol. The number of aromatic amines is 1. The lowest BCUT2D eigenvalue weighted by molar-refractivity contribution is 0.0872. The van der Waals surface area contributed by atoms with E-state index >= 15 is 0 Å². The first-order valence-electron chi connectivity index (χ1n) is 15.8. The molecular formula is C35H41N7O3. The van der Waals surface area contributed by atoms with Crippen molar-refractivity contribution in [3.8, 4) is 22.8 Å². The first-order chi connectivity index (χ1) is 21.9. The second-order valence-corrected chi connectivity index (χ2v) is 12.4. The quantitative estimate of drug-likeness (QED) is 0.244. The van der Waals surface area contributed by atoms with Crippen molar-refractivity contribution < 1.29 is 14.3 Å². The number of carbonyl (C=O) groups is 1. The number of nitrogens with zero attached hydrogens (tertiary/aromatic N) is 5. The number of ether oxygens (including phenoxy) is 2. The largest absolute Gasteiger partial charge is 0.496 e. The maximum atomic E-state index is 13.3. The molecule has 1 saturated heterocycles. The summed E-state index contributed by atoms with van der Waals surface area (Å²) in [5.74, 6) is 2.51. The zero-order valence-electron chi connectivity index (χ0n) is 26.5. The van der Waals surface area contributed by atoms with Gasteiger partial charge in [0.1, 0.15) is 23.0 Å². The summed E-state index contributed by atoms with van der Waals surface area (Å²) in [6.07, 6.45) is 8.58. The summed E-state index contributed by atoms with van der Waals surface area (Å²) in [5.41, 5.74) is 5.61. The molecule has 2 fully saturated rings. The molecule has 7 rings (SSSR count). The van der Waals surface area contributed by atoms with Crippen LogP contribution in [0.4, 0.5) is 5.69 Å². The number of hydrogen-bond donors (Lipinski definition) is 2. The maximum Gasteiger partial charge on any atom is 0.272 e. The molecule has 10 nitrogen and oxygen atoms in total. The Bertz CT molecular complexity index is 1850. The monoisotopic (exact) mass is 607 g/mol. The van der Waals surface area contributed by atoms with E-state index in [-0.39, 0.29) is 5.91 Å². The van der Waals surface area contributed by atoms with Gasteiger partial charge in [0.15, 0.2) is 0 Å². The third kappa shape index (κ3) is 5.53. The topological polar surface area (TPSA) is 100 Å². The highest BCUT2D eigenvalue weighted by molar-refractivity contribution is 6.07. The summed E-state index contributed by atoms with van der Waals surface area (Å²) in [6, 6.07) is 14.0. The van der Waals surface area contributed by atoms with Crippen molar-refractivity contribution in [1.29, 1.82) is 0 Å². The Morgan fingerprint density at radius 2 is 1.76 bits per heavy atom. The molecular weight excluding hydrogens is 566 g/mol. The molecule has 4 heterocycles. The van der Waals surface area contributed by atoms with Gasteiger partial charge in [0, 0.05) is 67.0 Å². The number of amides is 1. The van der Waals surface area contributed by atoms with Crippen LogP contribution in [0.15, 0.2) is 54.9 Å². The van der Waals surface area contributed by atoms with Gasteiger partial charge in [-0.2, -0.15) is 0 Å². The molecule has 1 aliphatic carbocycles. The number of carbonyl (C=O) groups excluding carboxylic acids is 1. The third-order valence-electron chi connectivity index (χ3n) is 9.69. The Hall–Kier alpha value is -4.41. The average molecular weight is 608 g/mol. The van der Waals surface area contributed by atoms with Gasteiger partial charge in [0.05, 0.1) is 36.8 Å². The van der Waals surface area contributed by atoms with Crippen LogP contribution in [0.2, 0.25) is 0 Å². The minimum absolute atomic E-state index is 0.263. The Kier molecular flexibility index (Phi) is 7.93. The van der Waals surface area contributed by atoms with Gasteiger partial charge < -0.3 is 24.7 Å². The smallest absolute Gasteiger partial charge is 0.272 e. The number of benzene rings is 2. The summed E-state index contributed by atoms with van der Waals surface area (Å²) >= 11 is 0. The number of H-pyrrole nitrogens is 1. The van der Waals surface area contributed by atoms with Crippen LogP contribution in [-0.4, -0.2) is 88.5 Å². The fourth-order valence-corrected chi connectivity index (χ4v) is 7.15. The number of nitrogens with one attached hydrogen (secondary N) is 2. The number of imidazole rings is 1. The number of likely N-dealkylation sites (N-methyl/N-ethyl adjacent to an activating group) is 1. The summed E-state index contributed by atoms with van der Waals surface area (Å²) in [4.78, 5) is 31.5. The van der Waals surface area contributed by atoms with Gasteiger partial charge in [-0.05, 0) is 70.0 Å². The molecule has 2 N–H and O–H groups in total. The van der Waals surface area contributed by atoms with Crippen LogP contribution in [0.25, 0.3) is 27.7 Å². The van der Waals surface area contributed by atoms with E-state index in [9.17, 15) is 4.79 Å². The molecule has 0 radical (unpaired) electrons. The normalized spacial score (nSPS) is 19.6. The molecule has 0 unspecified atom stereocenters. The number of methoxy groups -OCH3 is 2. The molecule has 10 heteroatoms. The van der Waals surface area contributed by atoms with E-state index in [1.54, 1.807) is 20.3 Å². The summed E-state index contributed by atoms with van der Waals surface area (Å²) in [7, 11) is 5.46. The number of piperazine rings is 1. The molecule has 1 aliphatic heterocycles. The highest BCUT2D eigenvalue weighted by Crippen LogP contribution is 2.39. The Morgan fingerprint density at radius 1 is 0.978 bits per heavy atom. The van der Waals surface area contributed by atoms with Gasteiger partial charge in [0.25, 0.3) is 5.91 Å². The predicted octanol–water partition coefficient (Wildman–Crippen LogP) is 5.73. The van der Waals surface area contributed by atoms with Crippen LogP contribution in [0, 0.1) is 6.92 Å². The minimum Gasteiger partial charge on any atom is -0.496 e. The van der Waals surface area contributed by atoms with Gasteiger partial charge in [-0.1, -0.05) is 12.1 Å². The number of rotatable bonds is 7. The zero-order chi connectivity index (χ0) is 31.1. The number of aryl methyl sites for hydroxylation is 1. The minimum atomic E-state index is -0.263. The maximum absolute atomic E-state index is 13.3. The molecule has 0 bridgehead atoms. The molecule has 1 saturated carbocycles. The van der Waals surface area contributed by atoms with Gasteiger partial charge >= 0.3 is 0 Å². The zero-order valence-corrected chi connectivity index (χ0v) is 26.5. The van der Waals surface area contributed by atoms with Gasteiger partial charge in [0.2, 0.25) is 0 Å². The van der Waals surface area contributed by atoms with Crippen LogP contribution >= 0.6 is 0 Å². The summed E-state index contributed by atoms with van der Waals surface area (Å²) < 4.78 is 13.5. The molecule has 0 spiro atoms. The van der Waals surface area contributed by atoms with E-state index in [4.69, 9.17) is 14.5 Å². The van der Waals surface area contributed by atoms with E-state index < -0.39 is 0 Å². The lowest BCUT2D eigenvalue weighted by Gasteiger charge is -2.41. The van der Waals surface area contributed by atoms with Crippen LogP contribution < -0.4 is 14.8 Å². The molecule has 2 aromatic carbocycles. The molecule has 1 amide bonds. The van der Waals surface area contributed by atoms with Crippen molar-refractivity contribution in [2.24, 2.45) is 0 Å². The summed E-state index contributed by atoms with van der Waals surface area (Å²) in [5, 5.41) is 3.87. The number of fused-ring (bicyclic) bond motifs is 2. The number of aromatic nitrogens is 4. The van der Waals surface area contributed by atoms with Crippen molar-refractivity contribution in [3.05, 3.63) is 72.1 Å². The standard InChI is InChI=1S/C35H41N7O3/c1-22-33-32(39-34(42(33)15-14-36-22)23-8-11-25(12-9-23)41-18-16-40(2)17-19-41)24-10-13-28(31(20-24)45-4)38-35(43)29-21-26-27(37-29)6-5-7-30(26)44-3/h5-7,10,13-15,20-21,23,25,37H,8-9,11-12,16-19H2,1-4H3,(H,38,43). The van der Waals surface area contributed by atoms with Crippen molar-refractivity contribution in [2.75, 3.05) is 52.8 Å². The third-order valence-corrected chi connectivity index (χ3v) is 9.69. The Balaban J connectivity index is 1.14. The van der Waals surface area contributed by atoms with Crippen molar-refractivity contribution in [1.82, 2.24) is 29.2 Å². The highest BCUT2D eigenvalue weighted by Gasteiger charge is 2.31. The van der Waals surface area contributed by atoms with Crippen LogP contribution in [0.5, 0.6) is 11.5 Å². The summed E-state index contributed by atoms with van der Waals surface area (Å²) in [6.45, 7) is 6.69. The van der Waals surface area contributed by atoms with E-state index in [0.717, 1.165) is 65.1 Å². The molecule has 5 aromatic rings. The van der Waals surface area contributed by atoms with Gasteiger partial charge in [-0.3, -0.25) is 19.1 Å². The fraction of sp³-hybridized carbons (Fsp3) is 0.400. The Morgan fingerprint density at radius 3 is 2.51 bits per heavy atom.